The number of carbonyl (C=O) groups is 1. The average molecular weight is 360 g/mol. The Labute approximate surface area is 147 Å². The van der Waals surface area contributed by atoms with Crippen LogP contribution in [0.1, 0.15) is 5.56 Å². The van der Waals surface area contributed by atoms with Crippen molar-refractivity contribution in [3.63, 3.8) is 0 Å². The van der Waals surface area contributed by atoms with Gasteiger partial charge in [0, 0.05) is 11.3 Å². The molecule has 128 valence electrons. The topological polar surface area (TPSA) is 55.1 Å². The molecular weight excluding hydrogens is 346 g/mol. The first-order valence-corrected chi connectivity index (χ1v) is 8.40. The summed E-state index contributed by atoms with van der Waals surface area (Å²) in [7, 11) is 0. The maximum Gasteiger partial charge on any atom is 0.256 e. The monoisotopic (exact) mass is 360 g/mol. The number of oxazole rings is 1. The summed E-state index contributed by atoms with van der Waals surface area (Å²) in [6.45, 7) is 1.65. The second-order valence-electron chi connectivity index (χ2n) is 5.30. The third kappa shape index (κ3) is 4.45. The molecule has 25 heavy (non-hydrogen) atoms. The number of aromatic nitrogens is 1. The molecule has 0 spiro atoms. The lowest BCUT2D eigenvalue weighted by Gasteiger charge is -2.05. The molecule has 3 aromatic rings. The molecule has 4 nitrogen and oxygen atoms in total. The largest absolute Gasteiger partial charge is 0.431 e. The van der Waals surface area contributed by atoms with Crippen LogP contribution in [0.25, 0.3) is 11.3 Å². The molecule has 2 aromatic carbocycles. The number of rotatable bonds is 5. The van der Waals surface area contributed by atoms with Crippen LogP contribution in [0, 0.1) is 18.6 Å². The van der Waals surface area contributed by atoms with Crippen molar-refractivity contribution in [1.29, 1.82) is 0 Å². The van der Waals surface area contributed by atoms with Gasteiger partial charge in [-0.15, -0.1) is 0 Å². The SMILES string of the molecule is Cc1ccc(NC(=O)CSc2ncc(-c3ccc(F)cc3)o2)cc1F. The van der Waals surface area contributed by atoms with Gasteiger partial charge in [-0.05, 0) is 48.9 Å². The van der Waals surface area contributed by atoms with E-state index < -0.39 is 0 Å². The van der Waals surface area contributed by atoms with E-state index in [9.17, 15) is 13.6 Å². The molecule has 0 fully saturated rings. The van der Waals surface area contributed by atoms with Gasteiger partial charge >= 0.3 is 0 Å². The Balaban J connectivity index is 1.57. The number of thioether (sulfide) groups is 1. The molecule has 0 atom stereocenters. The van der Waals surface area contributed by atoms with Crippen LogP contribution in [0.3, 0.4) is 0 Å². The second-order valence-corrected chi connectivity index (χ2v) is 6.22. The van der Waals surface area contributed by atoms with Crippen LogP contribution in [-0.2, 0) is 4.79 Å². The number of halogens is 2. The summed E-state index contributed by atoms with van der Waals surface area (Å²) in [4.78, 5) is 16.0. The molecule has 1 heterocycles. The summed E-state index contributed by atoms with van der Waals surface area (Å²) >= 11 is 1.12. The fraction of sp³-hybridized carbons (Fsp3) is 0.111. The fourth-order valence-electron chi connectivity index (χ4n) is 2.07. The average Bonchev–Trinajstić information content (AvgIpc) is 3.06. The van der Waals surface area contributed by atoms with E-state index in [0.29, 0.717) is 27.8 Å². The quantitative estimate of drug-likeness (QED) is 0.673. The van der Waals surface area contributed by atoms with Crippen LogP contribution in [0.2, 0.25) is 0 Å². The minimum absolute atomic E-state index is 0.0683. The van der Waals surface area contributed by atoms with Gasteiger partial charge in [0.25, 0.3) is 5.22 Å². The van der Waals surface area contributed by atoms with Gasteiger partial charge in [-0.3, -0.25) is 4.79 Å². The molecule has 0 radical (unpaired) electrons. The third-order valence-corrected chi connectivity index (χ3v) is 4.24. The highest BCUT2D eigenvalue weighted by molar-refractivity contribution is 7.99. The summed E-state index contributed by atoms with van der Waals surface area (Å²) < 4.78 is 31.9. The Bertz CT molecular complexity index is 894. The molecule has 1 aromatic heterocycles. The zero-order valence-corrected chi connectivity index (χ0v) is 14.1. The molecule has 0 aliphatic rings. The third-order valence-electron chi connectivity index (χ3n) is 3.40. The molecule has 3 rings (SSSR count). The van der Waals surface area contributed by atoms with E-state index in [4.69, 9.17) is 4.42 Å². The first kappa shape index (κ1) is 17.2. The van der Waals surface area contributed by atoms with Gasteiger partial charge in [0.15, 0.2) is 5.76 Å². The zero-order chi connectivity index (χ0) is 17.8. The highest BCUT2D eigenvalue weighted by atomic mass is 32.2. The molecule has 1 N–H and O–H groups in total. The number of anilines is 1. The fourth-order valence-corrected chi connectivity index (χ4v) is 2.67. The van der Waals surface area contributed by atoms with Gasteiger partial charge in [0.05, 0.1) is 11.9 Å². The summed E-state index contributed by atoms with van der Waals surface area (Å²) in [5.41, 5.74) is 1.61. The van der Waals surface area contributed by atoms with Crippen LogP contribution < -0.4 is 5.32 Å². The van der Waals surface area contributed by atoms with E-state index in [-0.39, 0.29) is 23.3 Å². The first-order valence-electron chi connectivity index (χ1n) is 7.42. The highest BCUT2D eigenvalue weighted by Gasteiger charge is 2.10. The Hall–Kier alpha value is -2.67. The Morgan fingerprint density at radius 1 is 1.20 bits per heavy atom. The Morgan fingerprint density at radius 2 is 1.96 bits per heavy atom. The molecule has 0 aliphatic carbocycles. The van der Waals surface area contributed by atoms with Crippen LogP contribution >= 0.6 is 11.8 Å². The number of benzene rings is 2. The van der Waals surface area contributed by atoms with Crippen LogP contribution in [-0.4, -0.2) is 16.6 Å². The van der Waals surface area contributed by atoms with Crippen molar-refractivity contribution in [2.75, 3.05) is 11.1 Å². The van der Waals surface area contributed by atoms with Gasteiger partial charge < -0.3 is 9.73 Å². The number of nitrogens with one attached hydrogen (secondary N) is 1. The number of aryl methyl sites for hydroxylation is 1. The molecule has 0 bridgehead atoms. The number of amides is 1. The molecule has 7 heteroatoms. The number of nitrogens with zero attached hydrogens (tertiary/aromatic N) is 1. The van der Waals surface area contributed by atoms with Crippen molar-refractivity contribution >= 4 is 23.4 Å². The Kier molecular flexibility index (Phi) is 5.14. The van der Waals surface area contributed by atoms with Gasteiger partial charge in [0.2, 0.25) is 5.91 Å². The van der Waals surface area contributed by atoms with Crippen molar-refractivity contribution in [2.24, 2.45) is 0 Å². The molecule has 0 aliphatic heterocycles. The van der Waals surface area contributed by atoms with Crippen molar-refractivity contribution in [3.05, 3.63) is 65.9 Å². The summed E-state index contributed by atoms with van der Waals surface area (Å²) in [5.74, 6) is -0.443. The number of carbonyl (C=O) groups excluding carboxylic acids is 1. The van der Waals surface area contributed by atoms with Gasteiger partial charge in [-0.2, -0.15) is 0 Å². The van der Waals surface area contributed by atoms with Crippen molar-refractivity contribution < 1.29 is 18.0 Å². The summed E-state index contributed by atoms with van der Waals surface area (Å²) in [6.07, 6.45) is 1.52. The molecule has 0 unspecified atom stereocenters. The zero-order valence-electron chi connectivity index (χ0n) is 13.3. The maximum atomic E-state index is 13.5. The smallest absolute Gasteiger partial charge is 0.256 e. The van der Waals surface area contributed by atoms with Gasteiger partial charge in [-0.1, -0.05) is 17.8 Å². The lowest BCUT2D eigenvalue weighted by Crippen LogP contribution is -2.14. The van der Waals surface area contributed by atoms with Gasteiger partial charge in [-0.25, -0.2) is 13.8 Å². The van der Waals surface area contributed by atoms with E-state index in [2.05, 4.69) is 10.3 Å². The molecule has 0 saturated carbocycles. The minimum atomic E-state index is -0.373. The van der Waals surface area contributed by atoms with E-state index in [1.807, 2.05) is 0 Å². The molecule has 0 saturated heterocycles. The normalized spacial score (nSPS) is 10.7. The van der Waals surface area contributed by atoms with E-state index in [1.54, 1.807) is 31.2 Å². The standard InChI is InChI=1S/C18H14F2N2O2S/c1-11-2-7-14(8-15(11)20)22-17(23)10-25-18-21-9-16(24-18)12-3-5-13(19)6-4-12/h2-9H,10H2,1H3,(H,22,23). The maximum absolute atomic E-state index is 13.5. The highest BCUT2D eigenvalue weighted by Crippen LogP contribution is 2.25. The van der Waals surface area contributed by atoms with E-state index >= 15 is 0 Å². The number of hydrogen-bond donors (Lipinski definition) is 1. The summed E-state index contributed by atoms with van der Waals surface area (Å²) in [5, 5.41) is 2.94. The predicted octanol–water partition coefficient (Wildman–Crippen LogP) is 4.66. The second kappa shape index (κ2) is 7.48. The minimum Gasteiger partial charge on any atom is -0.431 e. The first-order chi connectivity index (χ1) is 12.0. The van der Waals surface area contributed by atoms with Crippen LogP contribution in [0.5, 0.6) is 0 Å². The van der Waals surface area contributed by atoms with Gasteiger partial charge in [0.1, 0.15) is 11.6 Å². The van der Waals surface area contributed by atoms with Crippen molar-refractivity contribution in [3.8, 4) is 11.3 Å². The summed E-state index contributed by atoms with van der Waals surface area (Å²) in [6, 6.07) is 10.3. The lowest BCUT2D eigenvalue weighted by molar-refractivity contribution is -0.113. The van der Waals surface area contributed by atoms with E-state index in [0.717, 1.165) is 11.8 Å². The van der Waals surface area contributed by atoms with Crippen molar-refractivity contribution in [2.45, 2.75) is 12.1 Å². The lowest BCUT2D eigenvalue weighted by atomic mass is 10.2. The Morgan fingerprint density at radius 3 is 2.68 bits per heavy atom. The van der Waals surface area contributed by atoms with Crippen LogP contribution in [0.15, 0.2) is 58.3 Å². The van der Waals surface area contributed by atoms with Crippen LogP contribution in [0.4, 0.5) is 14.5 Å². The molecule has 1 amide bonds. The predicted molar refractivity (Wildman–Crippen MR) is 92.4 cm³/mol. The molecular formula is C18H14F2N2O2S. The van der Waals surface area contributed by atoms with E-state index in [1.165, 1.54) is 24.4 Å². The van der Waals surface area contributed by atoms with Crippen molar-refractivity contribution in [1.82, 2.24) is 4.98 Å². The number of hydrogen-bond acceptors (Lipinski definition) is 4.